The van der Waals surface area contributed by atoms with Crippen molar-refractivity contribution < 1.29 is 9.90 Å². The first-order valence-corrected chi connectivity index (χ1v) is 6.96. The second kappa shape index (κ2) is 6.02. The summed E-state index contributed by atoms with van der Waals surface area (Å²) in [4.78, 5) is 13.7. The molecule has 106 valence electrons. The lowest BCUT2D eigenvalue weighted by Gasteiger charge is -2.34. The lowest BCUT2D eigenvalue weighted by molar-refractivity contribution is -0.145. The predicted octanol–water partition coefficient (Wildman–Crippen LogP) is 1.95. The number of hydrogen-bond donors (Lipinski definition) is 2. The highest BCUT2D eigenvalue weighted by molar-refractivity contribution is 5.78. The fourth-order valence-corrected chi connectivity index (χ4v) is 2.39. The van der Waals surface area contributed by atoms with Gasteiger partial charge < -0.3 is 10.0 Å². The normalized spacial score (nSPS) is 21.1. The second-order valence-electron chi connectivity index (χ2n) is 6.44. The molecule has 2 atom stereocenters. The third-order valence-corrected chi connectivity index (χ3v) is 3.68. The molecule has 18 heavy (non-hydrogen) atoms. The highest BCUT2D eigenvalue weighted by Gasteiger charge is 2.39. The van der Waals surface area contributed by atoms with Crippen LogP contribution in [0.3, 0.4) is 0 Å². The van der Waals surface area contributed by atoms with E-state index < -0.39 is 11.5 Å². The van der Waals surface area contributed by atoms with E-state index in [0.717, 1.165) is 19.4 Å². The zero-order valence-corrected chi connectivity index (χ0v) is 12.4. The standard InChI is InChI=1S/C14H28N2O2/c1-10(2)9-16(5)11(3)8-14(4,13(17)18)15-12-6-7-12/h10-12,15H,6-9H2,1-5H3,(H,17,18). The molecule has 1 aliphatic carbocycles. The number of nitrogens with zero attached hydrogens (tertiary/aromatic N) is 1. The molecule has 0 amide bonds. The first kappa shape index (κ1) is 15.4. The number of nitrogens with one attached hydrogen (secondary N) is 1. The van der Waals surface area contributed by atoms with E-state index in [1.54, 1.807) is 0 Å². The van der Waals surface area contributed by atoms with Crippen LogP contribution in [0.15, 0.2) is 0 Å². The zero-order valence-electron chi connectivity index (χ0n) is 12.4. The fourth-order valence-electron chi connectivity index (χ4n) is 2.39. The van der Waals surface area contributed by atoms with Crippen molar-refractivity contribution >= 4 is 5.97 Å². The molecule has 0 heterocycles. The van der Waals surface area contributed by atoms with E-state index in [4.69, 9.17) is 0 Å². The number of carboxylic acids is 1. The van der Waals surface area contributed by atoms with Crippen molar-refractivity contribution in [1.29, 1.82) is 0 Å². The summed E-state index contributed by atoms with van der Waals surface area (Å²) in [5.41, 5.74) is -0.800. The molecule has 1 fully saturated rings. The molecule has 2 unspecified atom stereocenters. The molecular weight excluding hydrogens is 228 g/mol. The minimum atomic E-state index is -0.800. The highest BCUT2D eigenvalue weighted by atomic mass is 16.4. The summed E-state index contributed by atoms with van der Waals surface area (Å²) in [6.45, 7) is 9.29. The number of carbonyl (C=O) groups is 1. The van der Waals surface area contributed by atoms with Gasteiger partial charge >= 0.3 is 5.97 Å². The Bertz CT molecular complexity index is 290. The van der Waals surface area contributed by atoms with Crippen LogP contribution in [0.4, 0.5) is 0 Å². The molecule has 0 radical (unpaired) electrons. The Hall–Kier alpha value is -0.610. The lowest BCUT2D eigenvalue weighted by atomic mass is 9.92. The minimum Gasteiger partial charge on any atom is -0.480 e. The van der Waals surface area contributed by atoms with Gasteiger partial charge in [-0.1, -0.05) is 13.8 Å². The molecule has 0 aromatic heterocycles. The van der Waals surface area contributed by atoms with E-state index in [0.29, 0.717) is 18.4 Å². The third-order valence-electron chi connectivity index (χ3n) is 3.68. The average Bonchev–Trinajstić information content (AvgIpc) is 2.99. The van der Waals surface area contributed by atoms with Crippen molar-refractivity contribution in [1.82, 2.24) is 10.2 Å². The summed E-state index contributed by atoms with van der Waals surface area (Å²) >= 11 is 0. The van der Waals surface area contributed by atoms with Gasteiger partial charge in [-0.15, -0.1) is 0 Å². The van der Waals surface area contributed by atoms with Crippen LogP contribution >= 0.6 is 0 Å². The topological polar surface area (TPSA) is 52.6 Å². The monoisotopic (exact) mass is 256 g/mol. The third kappa shape index (κ3) is 4.58. The van der Waals surface area contributed by atoms with Crippen molar-refractivity contribution in [2.45, 2.75) is 64.6 Å². The fraction of sp³-hybridized carbons (Fsp3) is 0.929. The van der Waals surface area contributed by atoms with Gasteiger partial charge in [0.2, 0.25) is 0 Å². The van der Waals surface area contributed by atoms with Crippen molar-refractivity contribution in [2.24, 2.45) is 5.92 Å². The summed E-state index contributed by atoms with van der Waals surface area (Å²) in [6, 6.07) is 0.674. The summed E-state index contributed by atoms with van der Waals surface area (Å²) in [7, 11) is 2.07. The first-order chi connectivity index (χ1) is 8.24. The summed E-state index contributed by atoms with van der Waals surface area (Å²) in [5, 5.41) is 12.7. The van der Waals surface area contributed by atoms with Crippen LogP contribution in [0.2, 0.25) is 0 Å². The van der Waals surface area contributed by atoms with Gasteiger partial charge in [0.1, 0.15) is 5.54 Å². The quantitative estimate of drug-likeness (QED) is 0.697. The highest BCUT2D eigenvalue weighted by Crippen LogP contribution is 2.26. The molecule has 0 aromatic carbocycles. The van der Waals surface area contributed by atoms with Crippen LogP contribution in [-0.2, 0) is 4.79 Å². The Morgan fingerprint density at radius 1 is 1.44 bits per heavy atom. The lowest BCUT2D eigenvalue weighted by Crippen LogP contribution is -2.54. The number of carboxylic acid groups (broad SMARTS) is 1. The van der Waals surface area contributed by atoms with Crippen LogP contribution < -0.4 is 5.32 Å². The van der Waals surface area contributed by atoms with Gasteiger partial charge in [-0.05, 0) is 46.1 Å². The van der Waals surface area contributed by atoms with E-state index in [-0.39, 0.29) is 6.04 Å². The van der Waals surface area contributed by atoms with E-state index in [2.05, 4.69) is 38.0 Å². The zero-order chi connectivity index (χ0) is 13.9. The SMILES string of the molecule is CC(C)CN(C)C(C)CC(C)(NC1CC1)C(=O)O. The van der Waals surface area contributed by atoms with Gasteiger partial charge in [-0.3, -0.25) is 10.1 Å². The van der Waals surface area contributed by atoms with E-state index in [1.165, 1.54) is 0 Å². The smallest absolute Gasteiger partial charge is 0.323 e. The van der Waals surface area contributed by atoms with Crippen LogP contribution in [0.5, 0.6) is 0 Å². The molecule has 0 saturated heterocycles. The van der Waals surface area contributed by atoms with Crippen molar-refractivity contribution in [3.8, 4) is 0 Å². The number of hydrogen-bond acceptors (Lipinski definition) is 3. The molecule has 4 nitrogen and oxygen atoms in total. The van der Waals surface area contributed by atoms with Crippen LogP contribution in [0.1, 0.15) is 47.0 Å². The van der Waals surface area contributed by atoms with E-state index >= 15 is 0 Å². The maximum Gasteiger partial charge on any atom is 0.323 e. The van der Waals surface area contributed by atoms with Crippen LogP contribution in [0.25, 0.3) is 0 Å². The molecule has 0 spiro atoms. The van der Waals surface area contributed by atoms with Crippen molar-refractivity contribution in [3.05, 3.63) is 0 Å². The Kier molecular flexibility index (Phi) is 5.17. The summed E-state index contributed by atoms with van der Waals surface area (Å²) in [5.74, 6) is -0.135. The van der Waals surface area contributed by atoms with Crippen LogP contribution in [-0.4, -0.2) is 47.2 Å². The predicted molar refractivity (Wildman–Crippen MR) is 73.7 cm³/mol. The van der Waals surface area contributed by atoms with Gasteiger partial charge in [0.05, 0.1) is 0 Å². The summed E-state index contributed by atoms with van der Waals surface area (Å²) < 4.78 is 0. The average molecular weight is 256 g/mol. The second-order valence-corrected chi connectivity index (χ2v) is 6.44. The van der Waals surface area contributed by atoms with E-state index in [9.17, 15) is 9.90 Å². The molecule has 0 aliphatic heterocycles. The first-order valence-electron chi connectivity index (χ1n) is 6.96. The minimum absolute atomic E-state index is 0.264. The van der Waals surface area contributed by atoms with Gasteiger partial charge in [-0.2, -0.15) is 0 Å². The van der Waals surface area contributed by atoms with Gasteiger partial charge in [0.25, 0.3) is 0 Å². The molecule has 0 bridgehead atoms. The summed E-state index contributed by atoms with van der Waals surface area (Å²) in [6.07, 6.45) is 2.86. The molecule has 1 aliphatic rings. The molecule has 2 N–H and O–H groups in total. The Morgan fingerprint density at radius 3 is 2.39 bits per heavy atom. The maximum absolute atomic E-state index is 11.5. The molecule has 0 aromatic rings. The molecule has 4 heteroatoms. The van der Waals surface area contributed by atoms with Crippen LogP contribution in [0, 0.1) is 5.92 Å². The van der Waals surface area contributed by atoms with Crippen molar-refractivity contribution in [3.63, 3.8) is 0 Å². The van der Waals surface area contributed by atoms with Gasteiger partial charge in [0.15, 0.2) is 0 Å². The van der Waals surface area contributed by atoms with Gasteiger partial charge in [-0.25, -0.2) is 0 Å². The number of rotatable bonds is 8. The van der Waals surface area contributed by atoms with Crippen molar-refractivity contribution in [2.75, 3.05) is 13.6 Å². The Morgan fingerprint density at radius 2 is 2.00 bits per heavy atom. The molecular formula is C14H28N2O2. The molecule has 1 rings (SSSR count). The Balaban J connectivity index is 2.56. The maximum atomic E-state index is 11.5. The number of aliphatic carboxylic acids is 1. The Labute approximate surface area is 111 Å². The largest absolute Gasteiger partial charge is 0.480 e. The van der Waals surface area contributed by atoms with E-state index in [1.807, 2.05) is 6.92 Å². The van der Waals surface area contributed by atoms with Gasteiger partial charge in [0, 0.05) is 18.6 Å². The molecule has 1 saturated carbocycles.